The number of carbonyl (C=O) groups excluding carboxylic acids is 2. The van der Waals surface area contributed by atoms with Gasteiger partial charge in [0.05, 0.1) is 12.0 Å². The molecule has 2 heterocycles. The second-order valence-electron chi connectivity index (χ2n) is 6.83. The van der Waals surface area contributed by atoms with E-state index in [1.54, 1.807) is 36.3 Å². The van der Waals surface area contributed by atoms with Gasteiger partial charge >= 0.3 is 0 Å². The largest absolute Gasteiger partial charge is 0.497 e. The van der Waals surface area contributed by atoms with E-state index in [9.17, 15) is 9.59 Å². The normalized spacial score (nSPS) is 16.2. The highest BCUT2D eigenvalue weighted by Gasteiger charge is 2.31. The first-order valence-electron chi connectivity index (χ1n) is 9.62. The van der Waals surface area contributed by atoms with Gasteiger partial charge in [0.25, 0.3) is 5.91 Å². The summed E-state index contributed by atoms with van der Waals surface area (Å²) in [6.45, 7) is 0.567. The molecule has 9 heteroatoms. The highest BCUT2D eigenvalue weighted by Crippen LogP contribution is 2.35. The van der Waals surface area contributed by atoms with E-state index in [-0.39, 0.29) is 25.0 Å². The van der Waals surface area contributed by atoms with Crippen LogP contribution in [0.1, 0.15) is 18.4 Å². The second-order valence-corrected chi connectivity index (χ2v) is 8.51. The first-order chi connectivity index (χ1) is 15.0. The number of carbonyl (C=O) groups is 2. The molecule has 0 radical (unpaired) electrons. The summed E-state index contributed by atoms with van der Waals surface area (Å²) in [5.41, 5.74) is 1.50. The van der Waals surface area contributed by atoms with E-state index in [4.69, 9.17) is 26.4 Å². The van der Waals surface area contributed by atoms with E-state index in [2.05, 4.69) is 5.32 Å². The average molecular weight is 457 g/mol. The lowest BCUT2D eigenvalue weighted by atomic mass is 10.2. The smallest absolute Gasteiger partial charge is 0.266 e. The van der Waals surface area contributed by atoms with Crippen molar-refractivity contribution in [2.75, 3.05) is 25.8 Å². The summed E-state index contributed by atoms with van der Waals surface area (Å²) in [5.74, 6) is 1.70. The van der Waals surface area contributed by atoms with Crippen molar-refractivity contribution in [3.63, 3.8) is 0 Å². The van der Waals surface area contributed by atoms with Gasteiger partial charge in [-0.3, -0.25) is 14.5 Å². The number of benzene rings is 2. The Balaban J connectivity index is 1.30. The molecule has 1 fully saturated rings. The molecule has 2 aromatic rings. The van der Waals surface area contributed by atoms with Crippen LogP contribution in [0.15, 0.2) is 47.4 Å². The molecule has 1 saturated heterocycles. The zero-order chi connectivity index (χ0) is 21.8. The predicted molar refractivity (Wildman–Crippen MR) is 123 cm³/mol. The standard InChI is InChI=1S/C22H20N2O5S2/c1-27-16-5-2-4-14(10-16)11-19-21(26)24(22(30)31-19)9-3-6-20(25)23-15-7-8-17-18(12-15)29-13-28-17/h2,4-5,7-8,10-12H,3,6,9,13H2,1H3,(H,23,25)/b19-11-. The SMILES string of the molecule is COc1cccc(/C=C2\SC(=S)N(CCCC(=O)Nc3ccc4c(c3)OCO4)C2=O)c1. The molecule has 2 aromatic carbocycles. The van der Waals surface area contributed by atoms with Gasteiger partial charge in [-0.15, -0.1) is 0 Å². The van der Waals surface area contributed by atoms with E-state index in [0.29, 0.717) is 39.4 Å². The molecular formula is C22H20N2O5S2. The maximum atomic E-state index is 12.7. The summed E-state index contributed by atoms with van der Waals surface area (Å²) in [4.78, 5) is 27.1. The van der Waals surface area contributed by atoms with Crippen LogP contribution in [0.2, 0.25) is 0 Å². The van der Waals surface area contributed by atoms with Crippen molar-refractivity contribution >= 4 is 51.9 Å². The van der Waals surface area contributed by atoms with Crippen molar-refractivity contribution in [3.05, 3.63) is 52.9 Å². The molecule has 31 heavy (non-hydrogen) atoms. The number of methoxy groups -OCH3 is 1. The number of anilines is 1. The molecule has 0 aromatic heterocycles. The minimum atomic E-state index is -0.144. The predicted octanol–water partition coefficient (Wildman–Crippen LogP) is 4.04. The molecule has 2 amide bonds. The van der Waals surface area contributed by atoms with E-state index in [0.717, 1.165) is 11.3 Å². The fourth-order valence-electron chi connectivity index (χ4n) is 3.17. The van der Waals surface area contributed by atoms with Gasteiger partial charge in [-0.1, -0.05) is 36.1 Å². The third-order valence-electron chi connectivity index (χ3n) is 4.71. The van der Waals surface area contributed by atoms with Crippen molar-refractivity contribution in [1.29, 1.82) is 0 Å². The van der Waals surface area contributed by atoms with Crippen LogP contribution in [-0.2, 0) is 9.59 Å². The Morgan fingerprint density at radius 3 is 2.94 bits per heavy atom. The van der Waals surface area contributed by atoms with Crippen LogP contribution < -0.4 is 19.5 Å². The van der Waals surface area contributed by atoms with Gasteiger partial charge in [0.15, 0.2) is 11.5 Å². The number of nitrogens with one attached hydrogen (secondary N) is 1. The van der Waals surface area contributed by atoms with Crippen molar-refractivity contribution in [2.24, 2.45) is 0 Å². The summed E-state index contributed by atoms with van der Waals surface area (Å²) in [7, 11) is 1.60. The molecule has 0 unspecified atom stereocenters. The fourth-order valence-corrected chi connectivity index (χ4v) is 4.48. The topological polar surface area (TPSA) is 77.1 Å². The van der Waals surface area contributed by atoms with Crippen LogP contribution in [0.5, 0.6) is 17.2 Å². The zero-order valence-electron chi connectivity index (χ0n) is 16.8. The Morgan fingerprint density at radius 1 is 1.26 bits per heavy atom. The van der Waals surface area contributed by atoms with Crippen LogP contribution in [0.4, 0.5) is 5.69 Å². The Bertz CT molecular complexity index is 1070. The van der Waals surface area contributed by atoms with Crippen molar-refractivity contribution in [3.8, 4) is 17.2 Å². The number of thiocarbonyl (C=S) groups is 1. The quantitative estimate of drug-likeness (QED) is 0.498. The number of hydrogen-bond donors (Lipinski definition) is 1. The molecule has 160 valence electrons. The number of thioether (sulfide) groups is 1. The van der Waals surface area contributed by atoms with Gasteiger partial charge in [0, 0.05) is 24.7 Å². The van der Waals surface area contributed by atoms with Gasteiger partial charge in [-0.2, -0.15) is 0 Å². The molecule has 1 N–H and O–H groups in total. The van der Waals surface area contributed by atoms with Crippen LogP contribution in [0.3, 0.4) is 0 Å². The number of rotatable bonds is 7. The Kier molecular flexibility index (Phi) is 6.43. The van der Waals surface area contributed by atoms with Gasteiger partial charge in [-0.25, -0.2) is 0 Å². The summed E-state index contributed by atoms with van der Waals surface area (Å²) < 4.78 is 16.3. The van der Waals surface area contributed by atoms with Crippen molar-refractivity contribution in [1.82, 2.24) is 4.90 Å². The minimum absolute atomic E-state index is 0.142. The maximum Gasteiger partial charge on any atom is 0.266 e. The summed E-state index contributed by atoms with van der Waals surface area (Å²) in [6.07, 6.45) is 2.56. The Morgan fingerprint density at radius 2 is 2.10 bits per heavy atom. The van der Waals surface area contributed by atoms with Gasteiger partial charge < -0.3 is 19.5 Å². The molecule has 4 rings (SSSR count). The van der Waals surface area contributed by atoms with E-state index >= 15 is 0 Å². The Labute approximate surface area is 189 Å². The monoisotopic (exact) mass is 456 g/mol. The third kappa shape index (κ3) is 5.00. The van der Waals surface area contributed by atoms with Crippen LogP contribution in [-0.4, -0.2) is 41.5 Å². The second kappa shape index (κ2) is 9.40. The number of fused-ring (bicyclic) bond motifs is 1. The van der Waals surface area contributed by atoms with E-state index in [1.807, 2.05) is 24.3 Å². The maximum absolute atomic E-state index is 12.7. The molecule has 0 saturated carbocycles. The third-order valence-corrected chi connectivity index (χ3v) is 6.08. The van der Waals surface area contributed by atoms with Gasteiger partial charge in [0.2, 0.25) is 12.7 Å². The Hall–Kier alpha value is -3.04. The number of hydrogen-bond acceptors (Lipinski definition) is 7. The van der Waals surface area contributed by atoms with Crippen molar-refractivity contribution < 1.29 is 23.8 Å². The molecular weight excluding hydrogens is 436 g/mol. The van der Waals surface area contributed by atoms with E-state index in [1.165, 1.54) is 11.8 Å². The van der Waals surface area contributed by atoms with Gasteiger partial charge in [-0.05, 0) is 42.3 Å². The molecule has 0 bridgehead atoms. The van der Waals surface area contributed by atoms with Crippen molar-refractivity contribution in [2.45, 2.75) is 12.8 Å². The first kappa shape index (κ1) is 21.2. The highest BCUT2D eigenvalue weighted by molar-refractivity contribution is 8.26. The lowest BCUT2D eigenvalue weighted by Gasteiger charge is -2.14. The summed E-state index contributed by atoms with van der Waals surface area (Å²) >= 11 is 6.63. The first-order valence-corrected chi connectivity index (χ1v) is 10.8. The molecule has 2 aliphatic rings. The van der Waals surface area contributed by atoms with Crippen LogP contribution in [0.25, 0.3) is 6.08 Å². The van der Waals surface area contributed by atoms with Crippen LogP contribution >= 0.6 is 24.0 Å². The molecule has 0 atom stereocenters. The number of ether oxygens (including phenoxy) is 3. The lowest BCUT2D eigenvalue weighted by molar-refractivity contribution is -0.122. The fraction of sp³-hybridized carbons (Fsp3) is 0.227. The summed E-state index contributed by atoms with van der Waals surface area (Å²) in [5, 5.41) is 2.83. The molecule has 0 aliphatic carbocycles. The van der Waals surface area contributed by atoms with E-state index < -0.39 is 0 Å². The number of amides is 2. The summed E-state index contributed by atoms with van der Waals surface area (Å²) in [6, 6.07) is 12.7. The number of nitrogens with zero attached hydrogens (tertiary/aromatic N) is 1. The van der Waals surface area contributed by atoms with Crippen LogP contribution in [0, 0.1) is 0 Å². The highest BCUT2D eigenvalue weighted by atomic mass is 32.2. The average Bonchev–Trinajstić information content (AvgIpc) is 3.33. The molecule has 0 spiro atoms. The van der Waals surface area contributed by atoms with Gasteiger partial charge in [0.1, 0.15) is 10.1 Å². The molecule has 2 aliphatic heterocycles. The lowest BCUT2D eigenvalue weighted by Crippen LogP contribution is -2.29. The molecule has 7 nitrogen and oxygen atoms in total. The minimum Gasteiger partial charge on any atom is -0.497 e. The zero-order valence-corrected chi connectivity index (χ0v) is 18.4.